The molecule has 0 saturated heterocycles. The van der Waals surface area contributed by atoms with Crippen LogP contribution in [0.4, 0.5) is 0 Å². The van der Waals surface area contributed by atoms with Crippen LogP contribution in [0.2, 0.25) is 0 Å². The van der Waals surface area contributed by atoms with Gasteiger partial charge in [0.1, 0.15) is 0 Å². The van der Waals surface area contributed by atoms with E-state index >= 15 is 0 Å². The minimum Gasteiger partial charge on any atom is -0.135 e. The van der Waals surface area contributed by atoms with Crippen LogP contribution in [-0.2, 0) is 0 Å². The molecule has 0 N–H and O–H groups in total. The molecule has 282 valence electrons. The first kappa shape index (κ1) is 34.3. The molecule has 0 radical (unpaired) electrons. The lowest BCUT2D eigenvalue weighted by molar-refractivity contribution is 1.62. The Labute approximate surface area is 357 Å². The maximum atomic E-state index is 2.40. The van der Waals surface area contributed by atoms with Gasteiger partial charge < -0.3 is 0 Å². The van der Waals surface area contributed by atoms with Gasteiger partial charge in [0.25, 0.3) is 0 Å². The van der Waals surface area contributed by atoms with E-state index in [1.807, 2.05) is 11.3 Å². The molecule has 0 aliphatic carbocycles. The van der Waals surface area contributed by atoms with E-state index < -0.39 is 0 Å². The molecule has 13 rings (SSSR count). The fourth-order valence-corrected chi connectivity index (χ4v) is 11.1. The average molecular weight is 789 g/mol. The van der Waals surface area contributed by atoms with Gasteiger partial charge in [-0.25, -0.2) is 0 Å². The van der Waals surface area contributed by atoms with Crippen LogP contribution in [0.25, 0.3) is 129 Å². The SMILES string of the molecule is c1cc(-c2ccc3sc4ccc(-c5cccc(-c6ccc7c8ccccc8c8ccccc8c7c6)c5)cc4c3c2)cc(-c2ccc3c4ccccc4c4ccccc4c3c2)c1. The molecule has 0 unspecified atom stereocenters. The van der Waals surface area contributed by atoms with E-state index in [9.17, 15) is 0 Å². The van der Waals surface area contributed by atoms with Crippen LogP contribution < -0.4 is 0 Å². The Balaban J connectivity index is 0.877. The molecule has 0 amide bonds. The molecule has 1 heteroatoms. The molecule has 0 saturated carbocycles. The summed E-state index contributed by atoms with van der Waals surface area (Å²) in [5.74, 6) is 0. The van der Waals surface area contributed by atoms with E-state index in [2.05, 4.69) is 218 Å². The van der Waals surface area contributed by atoms with Crippen molar-refractivity contribution in [2.45, 2.75) is 0 Å². The largest absolute Gasteiger partial charge is 0.135 e. The maximum Gasteiger partial charge on any atom is 0.0355 e. The Hall–Kier alpha value is -7.58. The van der Waals surface area contributed by atoms with Crippen LogP contribution >= 0.6 is 11.3 Å². The van der Waals surface area contributed by atoms with Crippen LogP contribution in [0.5, 0.6) is 0 Å². The predicted molar refractivity (Wildman–Crippen MR) is 266 cm³/mol. The zero-order valence-corrected chi connectivity index (χ0v) is 34.0. The molecule has 1 aromatic heterocycles. The Morgan fingerprint density at radius 2 is 0.410 bits per heavy atom. The zero-order chi connectivity index (χ0) is 40.0. The first-order valence-corrected chi connectivity index (χ1v) is 21.9. The van der Waals surface area contributed by atoms with Gasteiger partial charge in [-0.1, -0.05) is 170 Å². The number of hydrogen-bond acceptors (Lipinski definition) is 1. The third-order valence-electron chi connectivity index (χ3n) is 13.0. The van der Waals surface area contributed by atoms with Gasteiger partial charge in [0.2, 0.25) is 0 Å². The lowest BCUT2D eigenvalue weighted by atomic mass is 9.91. The molecule has 13 aromatic rings. The van der Waals surface area contributed by atoms with Gasteiger partial charge in [-0.3, -0.25) is 0 Å². The van der Waals surface area contributed by atoms with Crippen LogP contribution in [0.3, 0.4) is 0 Å². The molecule has 1 heterocycles. The summed E-state index contributed by atoms with van der Waals surface area (Å²) < 4.78 is 2.62. The molecule has 0 bridgehead atoms. The molecule has 0 spiro atoms. The molecular weight excluding hydrogens is 753 g/mol. The van der Waals surface area contributed by atoms with Crippen molar-refractivity contribution in [1.29, 1.82) is 0 Å². The molecular formula is C60H36S. The first-order valence-electron chi connectivity index (χ1n) is 21.1. The van der Waals surface area contributed by atoms with Crippen molar-refractivity contribution in [3.63, 3.8) is 0 Å². The molecule has 0 atom stereocenters. The summed E-state index contributed by atoms with van der Waals surface area (Å²) >= 11 is 1.87. The van der Waals surface area contributed by atoms with Gasteiger partial charge in [0.05, 0.1) is 0 Å². The van der Waals surface area contributed by atoms with Crippen molar-refractivity contribution in [1.82, 2.24) is 0 Å². The monoisotopic (exact) mass is 788 g/mol. The summed E-state index contributed by atoms with van der Waals surface area (Å²) in [6.45, 7) is 0. The standard InChI is InChI=1S/C60H36S/c1-3-19-49-45(15-1)47-17-5-7-21-51(47)55-33-41(23-27-53(49)55)37-11-9-13-39(31-37)43-25-29-59-57(35-43)58-36-44(26-30-60(58)61-59)40-14-10-12-38(32-40)42-24-28-54-50-20-4-2-16-46(50)48-18-6-8-22-52(48)56(54)34-42/h1-36H. The number of rotatable bonds is 4. The van der Waals surface area contributed by atoms with Gasteiger partial charge in [-0.2, -0.15) is 0 Å². The Bertz CT molecular complexity index is 3610. The highest BCUT2D eigenvalue weighted by molar-refractivity contribution is 7.25. The van der Waals surface area contributed by atoms with Gasteiger partial charge in [-0.05, 0) is 158 Å². The van der Waals surface area contributed by atoms with E-state index in [-0.39, 0.29) is 0 Å². The summed E-state index contributed by atoms with van der Waals surface area (Å²) in [5.41, 5.74) is 9.82. The Morgan fingerprint density at radius 3 is 0.738 bits per heavy atom. The van der Waals surface area contributed by atoms with Crippen molar-refractivity contribution >= 4 is 96.1 Å². The predicted octanol–water partition coefficient (Wildman–Crippen LogP) is 17.6. The van der Waals surface area contributed by atoms with Gasteiger partial charge in [-0.15, -0.1) is 11.3 Å². The lowest BCUT2D eigenvalue weighted by Gasteiger charge is -2.13. The molecule has 61 heavy (non-hydrogen) atoms. The second-order valence-corrected chi connectivity index (χ2v) is 17.5. The van der Waals surface area contributed by atoms with Gasteiger partial charge in [0.15, 0.2) is 0 Å². The molecule has 0 nitrogen and oxygen atoms in total. The van der Waals surface area contributed by atoms with Crippen LogP contribution in [0, 0.1) is 0 Å². The third kappa shape index (κ3) is 5.45. The Morgan fingerprint density at radius 1 is 0.164 bits per heavy atom. The highest BCUT2D eigenvalue weighted by Gasteiger charge is 2.14. The molecule has 0 fully saturated rings. The van der Waals surface area contributed by atoms with E-state index in [4.69, 9.17) is 0 Å². The average Bonchev–Trinajstić information content (AvgIpc) is 3.71. The summed E-state index contributed by atoms with van der Waals surface area (Å²) in [4.78, 5) is 0. The van der Waals surface area contributed by atoms with E-state index in [1.54, 1.807) is 0 Å². The summed E-state index contributed by atoms with van der Waals surface area (Å²) in [5, 5.41) is 18.2. The second-order valence-electron chi connectivity index (χ2n) is 16.4. The van der Waals surface area contributed by atoms with Gasteiger partial charge in [0, 0.05) is 20.2 Å². The topological polar surface area (TPSA) is 0 Å². The Kier molecular flexibility index (Phi) is 7.58. The highest BCUT2D eigenvalue weighted by Crippen LogP contribution is 2.42. The van der Waals surface area contributed by atoms with Gasteiger partial charge >= 0.3 is 0 Å². The summed E-state index contributed by atoms with van der Waals surface area (Å²) in [7, 11) is 0. The minimum atomic E-state index is 1.22. The highest BCUT2D eigenvalue weighted by atomic mass is 32.1. The summed E-state index contributed by atoms with van der Waals surface area (Å²) in [6.07, 6.45) is 0. The maximum absolute atomic E-state index is 2.40. The van der Waals surface area contributed by atoms with Crippen molar-refractivity contribution in [3.05, 3.63) is 218 Å². The number of hydrogen-bond donors (Lipinski definition) is 0. The zero-order valence-electron chi connectivity index (χ0n) is 33.2. The van der Waals surface area contributed by atoms with Crippen LogP contribution in [0.1, 0.15) is 0 Å². The molecule has 0 aliphatic heterocycles. The number of thiophene rings is 1. The van der Waals surface area contributed by atoms with Crippen molar-refractivity contribution in [2.75, 3.05) is 0 Å². The quantitative estimate of drug-likeness (QED) is 0.156. The molecule has 0 aliphatic rings. The van der Waals surface area contributed by atoms with Crippen LogP contribution in [-0.4, -0.2) is 0 Å². The molecule has 12 aromatic carbocycles. The van der Waals surface area contributed by atoms with Crippen molar-refractivity contribution < 1.29 is 0 Å². The second kappa shape index (κ2) is 13.5. The number of benzene rings is 12. The third-order valence-corrected chi connectivity index (χ3v) is 14.2. The first-order chi connectivity index (χ1) is 30.2. The van der Waals surface area contributed by atoms with Crippen molar-refractivity contribution in [2.24, 2.45) is 0 Å². The fraction of sp³-hybridized carbons (Fsp3) is 0. The lowest BCUT2D eigenvalue weighted by Crippen LogP contribution is -1.86. The van der Waals surface area contributed by atoms with E-state index in [0.29, 0.717) is 0 Å². The summed E-state index contributed by atoms with van der Waals surface area (Å²) in [6, 6.07) is 81.3. The smallest absolute Gasteiger partial charge is 0.0355 e. The normalized spacial score (nSPS) is 11.9. The van der Waals surface area contributed by atoms with E-state index in [0.717, 1.165) is 0 Å². The minimum absolute atomic E-state index is 1.22. The fourth-order valence-electron chi connectivity index (χ4n) is 10.1. The number of fused-ring (bicyclic) bond motifs is 15. The van der Waals surface area contributed by atoms with Crippen LogP contribution in [0.15, 0.2) is 218 Å². The van der Waals surface area contributed by atoms with Crippen molar-refractivity contribution in [3.8, 4) is 44.5 Å². The van der Waals surface area contributed by atoms with E-state index in [1.165, 1.54) is 129 Å².